The van der Waals surface area contributed by atoms with Crippen LogP contribution in [0, 0.1) is 0 Å². The lowest BCUT2D eigenvalue weighted by molar-refractivity contribution is 0.0952. The molecule has 0 aromatic carbocycles. The van der Waals surface area contributed by atoms with Gasteiger partial charge in [-0.3, -0.25) is 14.6 Å². The SMILES string of the molecule is O=C(NCCc1cscn1)c1cnc(-c2ccccn2)[nH]c1=O. The van der Waals surface area contributed by atoms with Gasteiger partial charge in [-0.05, 0) is 12.1 Å². The van der Waals surface area contributed by atoms with E-state index < -0.39 is 11.5 Å². The van der Waals surface area contributed by atoms with Crippen molar-refractivity contribution in [1.82, 2.24) is 25.3 Å². The number of nitrogens with one attached hydrogen (secondary N) is 2. The van der Waals surface area contributed by atoms with Gasteiger partial charge >= 0.3 is 0 Å². The van der Waals surface area contributed by atoms with Gasteiger partial charge < -0.3 is 10.3 Å². The van der Waals surface area contributed by atoms with E-state index in [9.17, 15) is 9.59 Å². The average Bonchev–Trinajstić information content (AvgIpc) is 3.09. The van der Waals surface area contributed by atoms with E-state index in [1.165, 1.54) is 17.5 Å². The van der Waals surface area contributed by atoms with Crippen molar-refractivity contribution in [2.75, 3.05) is 6.54 Å². The number of amides is 1. The van der Waals surface area contributed by atoms with Crippen molar-refractivity contribution in [2.24, 2.45) is 0 Å². The summed E-state index contributed by atoms with van der Waals surface area (Å²) in [5.74, 6) is -0.129. The molecule has 0 aliphatic heterocycles. The number of nitrogens with zero attached hydrogens (tertiary/aromatic N) is 3. The van der Waals surface area contributed by atoms with E-state index in [0.29, 0.717) is 24.5 Å². The monoisotopic (exact) mass is 327 g/mol. The van der Waals surface area contributed by atoms with Crippen LogP contribution in [-0.4, -0.2) is 32.4 Å². The molecule has 0 unspecified atom stereocenters. The fourth-order valence-corrected chi connectivity index (χ4v) is 2.54. The molecule has 8 heteroatoms. The van der Waals surface area contributed by atoms with Crippen LogP contribution in [0.3, 0.4) is 0 Å². The van der Waals surface area contributed by atoms with Crippen LogP contribution in [0.15, 0.2) is 46.3 Å². The minimum absolute atomic E-state index is 0.0250. The van der Waals surface area contributed by atoms with Crippen molar-refractivity contribution < 1.29 is 4.79 Å². The molecule has 0 bridgehead atoms. The highest BCUT2D eigenvalue weighted by Gasteiger charge is 2.12. The molecular weight excluding hydrogens is 314 g/mol. The predicted molar refractivity (Wildman–Crippen MR) is 86.2 cm³/mol. The molecular formula is C15H13N5O2S. The van der Waals surface area contributed by atoms with E-state index in [0.717, 1.165) is 5.69 Å². The molecule has 0 fully saturated rings. The first kappa shape index (κ1) is 15.0. The summed E-state index contributed by atoms with van der Waals surface area (Å²) in [6, 6.07) is 5.29. The number of carbonyl (C=O) groups excluding carboxylic acids is 1. The van der Waals surface area contributed by atoms with Crippen molar-refractivity contribution in [2.45, 2.75) is 6.42 Å². The van der Waals surface area contributed by atoms with E-state index in [1.54, 1.807) is 29.9 Å². The van der Waals surface area contributed by atoms with Crippen molar-refractivity contribution in [3.05, 3.63) is 63.1 Å². The van der Waals surface area contributed by atoms with Gasteiger partial charge in [-0.2, -0.15) is 0 Å². The van der Waals surface area contributed by atoms with Gasteiger partial charge in [0.1, 0.15) is 11.3 Å². The van der Waals surface area contributed by atoms with Crippen LogP contribution >= 0.6 is 11.3 Å². The number of carbonyl (C=O) groups is 1. The van der Waals surface area contributed by atoms with Gasteiger partial charge in [0.2, 0.25) is 0 Å². The second-order valence-electron chi connectivity index (χ2n) is 4.68. The lowest BCUT2D eigenvalue weighted by Gasteiger charge is -2.04. The third-order valence-corrected chi connectivity index (χ3v) is 3.74. The smallest absolute Gasteiger partial charge is 0.264 e. The van der Waals surface area contributed by atoms with Crippen LogP contribution in [0.2, 0.25) is 0 Å². The van der Waals surface area contributed by atoms with Crippen LogP contribution < -0.4 is 10.9 Å². The van der Waals surface area contributed by atoms with Crippen molar-refractivity contribution in [3.8, 4) is 11.5 Å². The molecule has 3 rings (SSSR count). The molecule has 0 aliphatic carbocycles. The van der Waals surface area contributed by atoms with Crippen molar-refractivity contribution >= 4 is 17.2 Å². The van der Waals surface area contributed by atoms with Gasteiger partial charge in [0.15, 0.2) is 5.82 Å². The molecule has 3 heterocycles. The van der Waals surface area contributed by atoms with Gasteiger partial charge in [0.05, 0.1) is 11.2 Å². The summed E-state index contributed by atoms with van der Waals surface area (Å²) < 4.78 is 0. The highest BCUT2D eigenvalue weighted by molar-refractivity contribution is 7.07. The zero-order valence-corrected chi connectivity index (χ0v) is 12.8. The Hall–Kier alpha value is -2.87. The molecule has 23 heavy (non-hydrogen) atoms. The van der Waals surface area contributed by atoms with Gasteiger partial charge in [-0.25, -0.2) is 9.97 Å². The minimum atomic E-state index is -0.494. The number of pyridine rings is 1. The lowest BCUT2D eigenvalue weighted by Crippen LogP contribution is -2.31. The number of aromatic amines is 1. The summed E-state index contributed by atoms with van der Waals surface area (Å²) in [5.41, 5.74) is 2.67. The normalized spacial score (nSPS) is 10.4. The summed E-state index contributed by atoms with van der Waals surface area (Å²) in [5, 5.41) is 4.61. The average molecular weight is 327 g/mol. The Morgan fingerprint density at radius 2 is 2.17 bits per heavy atom. The van der Waals surface area contributed by atoms with Crippen LogP contribution in [-0.2, 0) is 6.42 Å². The Morgan fingerprint density at radius 1 is 1.26 bits per heavy atom. The Kier molecular flexibility index (Phi) is 4.53. The maximum atomic E-state index is 12.1. The maximum Gasteiger partial charge on any atom is 0.264 e. The fourth-order valence-electron chi connectivity index (χ4n) is 1.95. The first-order valence-corrected chi connectivity index (χ1v) is 7.84. The third kappa shape index (κ3) is 3.67. The highest BCUT2D eigenvalue weighted by atomic mass is 32.1. The summed E-state index contributed by atoms with van der Waals surface area (Å²) in [6.45, 7) is 0.407. The van der Waals surface area contributed by atoms with E-state index >= 15 is 0 Å². The number of hydrogen-bond acceptors (Lipinski definition) is 6. The minimum Gasteiger partial charge on any atom is -0.351 e. The number of aromatic nitrogens is 4. The van der Waals surface area contributed by atoms with Crippen LogP contribution in [0.25, 0.3) is 11.5 Å². The number of hydrogen-bond donors (Lipinski definition) is 2. The van der Waals surface area contributed by atoms with Gasteiger partial charge in [-0.1, -0.05) is 6.07 Å². The zero-order valence-electron chi connectivity index (χ0n) is 12.0. The molecule has 2 N–H and O–H groups in total. The molecule has 0 spiro atoms. The topological polar surface area (TPSA) is 101 Å². The molecule has 0 aliphatic rings. The summed E-state index contributed by atoms with van der Waals surface area (Å²) in [6.07, 6.45) is 3.49. The van der Waals surface area contributed by atoms with Crippen molar-refractivity contribution in [3.63, 3.8) is 0 Å². The quantitative estimate of drug-likeness (QED) is 0.735. The van der Waals surface area contributed by atoms with E-state index in [2.05, 4.69) is 25.3 Å². The lowest BCUT2D eigenvalue weighted by atomic mass is 10.2. The first-order chi connectivity index (χ1) is 11.2. The molecule has 0 radical (unpaired) electrons. The van der Waals surface area contributed by atoms with Crippen molar-refractivity contribution in [1.29, 1.82) is 0 Å². The summed E-state index contributed by atoms with van der Waals surface area (Å²) >= 11 is 1.50. The van der Waals surface area contributed by atoms with Gasteiger partial charge in [0, 0.05) is 30.7 Å². The molecule has 3 aromatic heterocycles. The molecule has 0 atom stereocenters. The molecule has 1 amide bonds. The number of thiazole rings is 1. The molecule has 3 aromatic rings. The van der Waals surface area contributed by atoms with E-state index in [4.69, 9.17) is 0 Å². The number of H-pyrrole nitrogens is 1. The Balaban J connectivity index is 1.68. The second-order valence-corrected chi connectivity index (χ2v) is 5.39. The van der Waals surface area contributed by atoms with Gasteiger partial charge in [0.25, 0.3) is 11.5 Å². The fraction of sp³-hybridized carbons (Fsp3) is 0.133. The Bertz CT molecular complexity index is 846. The van der Waals surface area contributed by atoms with Crippen LogP contribution in [0.5, 0.6) is 0 Å². The summed E-state index contributed by atoms with van der Waals surface area (Å²) in [4.78, 5) is 39.0. The Labute approximate surface area is 135 Å². The molecule has 0 saturated carbocycles. The first-order valence-electron chi connectivity index (χ1n) is 6.90. The third-order valence-electron chi connectivity index (χ3n) is 3.10. The molecule has 0 saturated heterocycles. The standard InChI is InChI=1S/C15H13N5O2S/c21-14(17-6-4-10-8-23-9-19-10)11-7-18-13(20-15(11)22)12-3-1-2-5-16-12/h1-3,5,7-9H,4,6H2,(H,17,21)(H,18,20,22). The highest BCUT2D eigenvalue weighted by Crippen LogP contribution is 2.08. The molecule has 7 nitrogen and oxygen atoms in total. The second kappa shape index (κ2) is 6.93. The maximum absolute atomic E-state index is 12.1. The van der Waals surface area contributed by atoms with E-state index in [-0.39, 0.29) is 5.56 Å². The largest absolute Gasteiger partial charge is 0.351 e. The number of rotatable bonds is 5. The van der Waals surface area contributed by atoms with Crippen LogP contribution in [0.4, 0.5) is 0 Å². The molecule has 116 valence electrons. The van der Waals surface area contributed by atoms with Gasteiger partial charge in [-0.15, -0.1) is 11.3 Å². The Morgan fingerprint density at radius 3 is 2.87 bits per heavy atom. The zero-order chi connectivity index (χ0) is 16.1. The van der Waals surface area contributed by atoms with Crippen LogP contribution in [0.1, 0.15) is 16.1 Å². The van der Waals surface area contributed by atoms with E-state index in [1.807, 2.05) is 5.38 Å². The summed E-state index contributed by atoms with van der Waals surface area (Å²) in [7, 11) is 0. The predicted octanol–water partition coefficient (Wildman–Crippen LogP) is 1.26.